The fourth-order valence-corrected chi connectivity index (χ4v) is 7.61. The number of carbonyl (C=O) groups excluding carboxylic acids is 1. The maximum absolute atomic E-state index is 12.4. The van der Waals surface area contributed by atoms with Gasteiger partial charge in [-0.15, -0.1) is 0 Å². The lowest BCUT2D eigenvalue weighted by Gasteiger charge is -2.19. The van der Waals surface area contributed by atoms with Gasteiger partial charge in [-0.3, -0.25) is 4.79 Å². The molecule has 0 aliphatic rings. The molecule has 0 radical (unpaired) electrons. The van der Waals surface area contributed by atoms with E-state index in [0.717, 1.165) is 64.2 Å². The van der Waals surface area contributed by atoms with Gasteiger partial charge in [0, 0.05) is 6.42 Å². The maximum atomic E-state index is 12.4. The third-order valence-corrected chi connectivity index (χ3v) is 11.6. The molecule has 3 N–H and O–H groups in total. The molecule has 0 heterocycles. The predicted molar refractivity (Wildman–Crippen MR) is 271 cm³/mol. The second-order valence-corrected chi connectivity index (χ2v) is 17.5. The topological polar surface area (TPSA) is 69.6 Å². The first-order valence-electron chi connectivity index (χ1n) is 26.3. The van der Waals surface area contributed by atoms with Crippen LogP contribution in [0.15, 0.2) is 85.1 Å². The predicted octanol–water partition coefficient (Wildman–Crippen LogP) is 17.2. The third-order valence-electron chi connectivity index (χ3n) is 11.6. The third kappa shape index (κ3) is 48.5. The molecule has 0 bridgehead atoms. The Kier molecular flexibility index (Phi) is 49.8. The van der Waals surface area contributed by atoms with Crippen LogP contribution in [0, 0.1) is 0 Å². The van der Waals surface area contributed by atoms with Crippen LogP contribution in [0.4, 0.5) is 0 Å². The van der Waals surface area contributed by atoms with Gasteiger partial charge in [-0.2, -0.15) is 0 Å². The number of carbonyl (C=O) groups is 1. The van der Waals surface area contributed by atoms with Gasteiger partial charge < -0.3 is 15.5 Å². The van der Waals surface area contributed by atoms with Crippen LogP contribution in [0.25, 0.3) is 0 Å². The summed E-state index contributed by atoms with van der Waals surface area (Å²) in [4.78, 5) is 12.4. The molecule has 0 saturated carbocycles. The van der Waals surface area contributed by atoms with Crippen LogP contribution in [0.1, 0.15) is 251 Å². The monoisotopic (exact) mass is 848 g/mol. The molecule has 352 valence electrons. The van der Waals surface area contributed by atoms with Gasteiger partial charge in [0.15, 0.2) is 0 Å². The molecule has 0 aliphatic carbocycles. The Bertz CT molecular complexity index is 1100. The highest BCUT2D eigenvalue weighted by atomic mass is 16.3. The Balaban J connectivity index is 3.47. The van der Waals surface area contributed by atoms with Crippen LogP contribution in [0.2, 0.25) is 0 Å². The summed E-state index contributed by atoms with van der Waals surface area (Å²) in [6, 6.07) is -0.646. The van der Waals surface area contributed by atoms with Gasteiger partial charge in [0.05, 0.1) is 18.8 Å². The molecule has 0 aromatic carbocycles. The molecule has 0 aromatic rings. The fraction of sp³-hybridized carbons (Fsp3) is 0.737. The van der Waals surface area contributed by atoms with E-state index in [1.807, 2.05) is 6.08 Å². The van der Waals surface area contributed by atoms with Crippen molar-refractivity contribution in [1.82, 2.24) is 5.32 Å². The number of aliphatic hydroxyl groups is 2. The van der Waals surface area contributed by atoms with E-state index < -0.39 is 12.1 Å². The number of aliphatic hydroxyl groups excluding tert-OH is 2. The average molecular weight is 848 g/mol. The standard InChI is InChI=1S/C57H101NO3/c1-3-5-7-9-11-13-15-17-19-20-21-22-23-24-25-26-27-28-29-30-31-32-33-34-35-36-37-38-39-41-43-45-47-49-51-53-57(61)58-55(54-59)56(60)52-50-48-46-44-42-40-18-16-14-12-10-8-6-4-2/h5,7,11,13-14,16-17,19,21-22,42,44,50,52,55-56,59-60H,3-4,6,8-10,12,15,18,20,23-41,43,45-49,51,53-54H2,1-2H3,(H,58,61)/b7-5-,13-11-,16-14+,19-17-,22-21-,44-42+,52-50+. The number of nitrogens with one attached hydrogen (secondary N) is 1. The van der Waals surface area contributed by atoms with E-state index in [1.165, 1.54) is 167 Å². The van der Waals surface area contributed by atoms with Gasteiger partial charge >= 0.3 is 0 Å². The molecule has 2 unspecified atom stereocenters. The Morgan fingerprint density at radius 3 is 1.15 bits per heavy atom. The molecule has 0 saturated heterocycles. The first-order valence-corrected chi connectivity index (χ1v) is 26.3. The normalized spacial score (nSPS) is 13.6. The van der Waals surface area contributed by atoms with Crippen molar-refractivity contribution in [3.8, 4) is 0 Å². The number of hydrogen-bond donors (Lipinski definition) is 3. The smallest absolute Gasteiger partial charge is 0.220 e. The summed E-state index contributed by atoms with van der Waals surface area (Å²) in [5.74, 6) is -0.0779. The molecule has 0 rings (SSSR count). The molecule has 0 fully saturated rings. The van der Waals surface area contributed by atoms with Crippen LogP contribution in [0.5, 0.6) is 0 Å². The summed E-state index contributed by atoms with van der Waals surface area (Å²) < 4.78 is 0. The van der Waals surface area contributed by atoms with Gasteiger partial charge in [0.2, 0.25) is 5.91 Å². The largest absolute Gasteiger partial charge is 0.394 e. The molecule has 4 heteroatoms. The zero-order valence-corrected chi connectivity index (χ0v) is 40.4. The van der Waals surface area contributed by atoms with Crippen molar-refractivity contribution in [2.75, 3.05) is 6.61 Å². The number of allylic oxidation sites excluding steroid dienone is 13. The first-order chi connectivity index (χ1) is 30.2. The summed E-state index contributed by atoms with van der Waals surface area (Å²) in [5.41, 5.74) is 0. The number of hydrogen-bond acceptors (Lipinski definition) is 3. The molecule has 1 amide bonds. The lowest BCUT2D eigenvalue weighted by atomic mass is 10.0. The number of amides is 1. The molecule has 61 heavy (non-hydrogen) atoms. The minimum atomic E-state index is -0.871. The lowest BCUT2D eigenvalue weighted by Crippen LogP contribution is -2.45. The van der Waals surface area contributed by atoms with Gasteiger partial charge in [-0.1, -0.05) is 247 Å². The molecular weight excluding hydrogens is 747 g/mol. The summed E-state index contributed by atoms with van der Waals surface area (Å²) >= 11 is 0. The zero-order valence-electron chi connectivity index (χ0n) is 40.4. The average Bonchev–Trinajstić information content (AvgIpc) is 3.26. The van der Waals surface area contributed by atoms with Gasteiger partial charge in [0.1, 0.15) is 0 Å². The zero-order chi connectivity index (χ0) is 44.2. The van der Waals surface area contributed by atoms with Gasteiger partial charge in [0.25, 0.3) is 0 Å². The SMILES string of the molecule is CC/C=C\C/C=C\C/C=C\C/C=C\CCCCCCCCCCCCCCCCCCCCCCCCC(=O)NC(CO)C(O)/C=C/CC/C=C/CC/C=C/CCCCCC. The van der Waals surface area contributed by atoms with Crippen LogP contribution in [-0.2, 0) is 4.79 Å². The number of rotatable bonds is 47. The fourth-order valence-electron chi connectivity index (χ4n) is 7.61. The van der Waals surface area contributed by atoms with Gasteiger partial charge in [-0.05, 0) is 83.5 Å². The van der Waals surface area contributed by atoms with Crippen LogP contribution in [0.3, 0.4) is 0 Å². The van der Waals surface area contributed by atoms with Crippen molar-refractivity contribution < 1.29 is 15.0 Å². The minimum absolute atomic E-state index is 0.0779. The molecule has 4 nitrogen and oxygen atoms in total. The summed E-state index contributed by atoms with van der Waals surface area (Å²) in [5, 5.41) is 23.0. The van der Waals surface area contributed by atoms with Crippen LogP contribution >= 0.6 is 0 Å². The Labute approximate surface area is 380 Å². The van der Waals surface area contributed by atoms with Crippen molar-refractivity contribution in [2.45, 2.75) is 264 Å². The van der Waals surface area contributed by atoms with Crippen molar-refractivity contribution >= 4 is 5.91 Å². The van der Waals surface area contributed by atoms with E-state index >= 15 is 0 Å². The van der Waals surface area contributed by atoms with Crippen molar-refractivity contribution in [3.05, 3.63) is 85.1 Å². The minimum Gasteiger partial charge on any atom is -0.394 e. The van der Waals surface area contributed by atoms with E-state index in [9.17, 15) is 15.0 Å². The highest BCUT2D eigenvalue weighted by Gasteiger charge is 2.17. The Morgan fingerprint density at radius 2 is 0.738 bits per heavy atom. The summed E-state index contributed by atoms with van der Waals surface area (Å²) in [7, 11) is 0. The van der Waals surface area contributed by atoms with Crippen molar-refractivity contribution in [3.63, 3.8) is 0 Å². The summed E-state index contributed by atoms with van der Waals surface area (Å²) in [6.07, 6.45) is 76.0. The first kappa shape index (κ1) is 58.6. The maximum Gasteiger partial charge on any atom is 0.220 e. The van der Waals surface area contributed by atoms with Crippen molar-refractivity contribution in [2.24, 2.45) is 0 Å². The van der Waals surface area contributed by atoms with E-state index in [2.05, 4.69) is 92.1 Å². The van der Waals surface area contributed by atoms with Crippen molar-refractivity contribution in [1.29, 1.82) is 0 Å². The quantitative estimate of drug-likeness (QED) is 0.0422. The molecule has 0 aliphatic heterocycles. The van der Waals surface area contributed by atoms with Crippen LogP contribution < -0.4 is 5.32 Å². The Hall–Kier alpha value is -2.43. The molecule has 2 atom stereocenters. The molecular formula is C57H101NO3. The van der Waals surface area contributed by atoms with E-state index in [-0.39, 0.29) is 12.5 Å². The van der Waals surface area contributed by atoms with Crippen LogP contribution in [-0.4, -0.2) is 34.9 Å². The highest BCUT2D eigenvalue weighted by Crippen LogP contribution is 2.16. The van der Waals surface area contributed by atoms with E-state index in [1.54, 1.807) is 6.08 Å². The lowest BCUT2D eigenvalue weighted by molar-refractivity contribution is -0.123. The summed E-state index contributed by atoms with van der Waals surface area (Å²) in [6.45, 7) is 4.16. The number of unbranched alkanes of at least 4 members (excludes halogenated alkanes) is 28. The Morgan fingerprint density at radius 1 is 0.410 bits per heavy atom. The highest BCUT2D eigenvalue weighted by molar-refractivity contribution is 5.76. The molecule has 0 spiro atoms. The second kappa shape index (κ2) is 51.9. The van der Waals surface area contributed by atoms with E-state index in [4.69, 9.17) is 0 Å². The molecule has 0 aromatic heterocycles. The van der Waals surface area contributed by atoms with Gasteiger partial charge in [-0.25, -0.2) is 0 Å². The second-order valence-electron chi connectivity index (χ2n) is 17.5. The van der Waals surface area contributed by atoms with E-state index in [0.29, 0.717) is 6.42 Å².